The van der Waals surface area contributed by atoms with Gasteiger partial charge in [-0.2, -0.15) is 0 Å². The molecule has 0 atom stereocenters. The van der Waals surface area contributed by atoms with Crippen molar-refractivity contribution in [1.29, 1.82) is 0 Å². The van der Waals surface area contributed by atoms with E-state index in [1.54, 1.807) is 12.1 Å². The predicted molar refractivity (Wildman–Crippen MR) is 78.3 cm³/mol. The number of carbonyl (C=O) groups is 1. The number of non-ortho nitro benzene ring substituents is 1. The fourth-order valence-corrected chi connectivity index (χ4v) is 1.67. The minimum Gasteiger partial charge on any atom is -0.493 e. The van der Waals surface area contributed by atoms with Crippen LogP contribution in [0.3, 0.4) is 0 Å². The van der Waals surface area contributed by atoms with Gasteiger partial charge in [0.2, 0.25) is 5.91 Å². The molecule has 0 aliphatic heterocycles. The van der Waals surface area contributed by atoms with E-state index in [1.807, 2.05) is 18.2 Å². The molecule has 6 heteroatoms. The van der Waals surface area contributed by atoms with E-state index in [-0.39, 0.29) is 24.6 Å². The summed E-state index contributed by atoms with van der Waals surface area (Å²) < 4.78 is 5.37. The molecule has 21 heavy (non-hydrogen) atoms. The highest BCUT2D eigenvalue weighted by Gasteiger charge is 2.05. The van der Waals surface area contributed by atoms with Gasteiger partial charge in [-0.15, -0.1) is 0 Å². The number of amides is 1. The van der Waals surface area contributed by atoms with E-state index in [9.17, 15) is 14.9 Å². The highest BCUT2D eigenvalue weighted by Crippen LogP contribution is 2.17. The molecular weight excluding hydrogens is 272 g/mol. The molecule has 0 spiro atoms. The van der Waals surface area contributed by atoms with Gasteiger partial charge in [0.1, 0.15) is 5.75 Å². The van der Waals surface area contributed by atoms with Crippen molar-refractivity contribution in [2.24, 2.45) is 0 Å². The quantitative estimate of drug-likeness (QED) is 0.653. The number of benzene rings is 2. The summed E-state index contributed by atoms with van der Waals surface area (Å²) in [4.78, 5) is 21.7. The van der Waals surface area contributed by atoms with Gasteiger partial charge < -0.3 is 10.1 Å². The number of nitro benzene ring substituents is 1. The molecule has 2 aromatic carbocycles. The Labute approximate surface area is 121 Å². The normalized spacial score (nSPS) is 9.90. The largest absolute Gasteiger partial charge is 0.493 e. The monoisotopic (exact) mass is 286 g/mol. The number of hydrogen-bond donors (Lipinski definition) is 1. The van der Waals surface area contributed by atoms with Crippen LogP contribution in [0.15, 0.2) is 54.6 Å². The Kier molecular flexibility index (Phi) is 4.87. The van der Waals surface area contributed by atoms with Gasteiger partial charge in [0.25, 0.3) is 5.69 Å². The average molecular weight is 286 g/mol. The van der Waals surface area contributed by atoms with Gasteiger partial charge >= 0.3 is 0 Å². The molecule has 0 saturated heterocycles. The zero-order valence-corrected chi connectivity index (χ0v) is 11.2. The van der Waals surface area contributed by atoms with Crippen LogP contribution < -0.4 is 10.1 Å². The summed E-state index contributed by atoms with van der Waals surface area (Å²) >= 11 is 0. The fourth-order valence-electron chi connectivity index (χ4n) is 1.67. The first kappa shape index (κ1) is 14.5. The number of nitro groups is 1. The zero-order chi connectivity index (χ0) is 15.1. The molecule has 0 bridgehead atoms. The van der Waals surface area contributed by atoms with Crippen LogP contribution in [0.1, 0.15) is 6.42 Å². The third kappa shape index (κ3) is 4.61. The van der Waals surface area contributed by atoms with E-state index in [1.165, 1.54) is 24.3 Å². The van der Waals surface area contributed by atoms with E-state index >= 15 is 0 Å². The summed E-state index contributed by atoms with van der Waals surface area (Å²) in [5.41, 5.74) is 0.738. The van der Waals surface area contributed by atoms with Crippen molar-refractivity contribution in [2.45, 2.75) is 6.42 Å². The minimum atomic E-state index is -0.475. The molecule has 0 fully saturated rings. The molecular formula is C15H14N2O4. The number of ether oxygens (including phenoxy) is 1. The van der Waals surface area contributed by atoms with E-state index in [0.717, 1.165) is 5.69 Å². The summed E-state index contributed by atoms with van der Waals surface area (Å²) in [5.74, 6) is 0.344. The third-order valence-electron chi connectivity index (χ3n) is 2.70. The van der Waals surface area contributed by atoms with Crippen LogP contribution in [0.5, 0.6) is 5.75 Å². The Balaban J connectivity index is 1.76. The second-order valence-corrected chi connectivity index (χ2v) is 4.26. The maximum Gasteiger partial charge on any atom is 0.269 e. The van der Waals surface area contributed by atoms with Crippen LogP contribution >= 0.6 is 0 Å². The number of carbonyl (C=O) groups excluding carboxylic acids is 1. The van der Waals surface area contributed by atoms with Gasteiger partial charge in [0.05, 0.1) is 18.0 Å². The lowest BCUT2D eigenvalue weighted by Gasteiger charge is -2.07. The van der Waals surface area contributed by atoms with Crippen molar-refractivity contribution in [3.05, 3.63) is 64.7 Å². The summed E-state index contributed by atoms with van der Waals surface area (Å²) in [6.07, 6.45) is 0.200. The van der Waals surface area contributed by atoms with E-state index in [0.29, 0.717) is 5.75 Å². The number of nitrogens with zero attached hydrogens (tertiary/aromatic N) is 1. The van der Waals surface area contributed by atoms with Gasteiger partial charge in [0, 0.05) is 17.8 Å². The van der Waals surface area contributed by atoms with Crippen LogP contribution in [0, 0.1) is 10.1 Å². The topological polar surface area (TPSA) is 81.5 Å². The molecule has 0 aliphatic carbocycles. The van der Waals surface area contributed by atoms with Crippen LogP contribution in [-0.4, -0.2) is 17.4 Å². The van der Waals surface area contributed by atoms with Crippen LogP contribution in [0.4, 0.5) is 11.4 Å². The Bertz CT molecular complexity index is 611. The number of rotatable bonds is 6. The Morgan fingerprint density at radius 2 is 1.76 bits per heavy atom. The second-order valence-electron chi connectivity index (χ2n) is 4.26. The molecule has 0 heterocycles. The lowest BCUT2D eigenvalue weighted by Crippen LogP contribution is -2.15. The van der Waals surface area contributed by atoms with Gasteiger partial charge in [-0.1, -0.05) is 18.2 Å². The van der Waals surface area contributed by atoms with Crippen molar-refractivity contribution in [3.63, 3.8) is 0 Å². The fraction of sp³-hybridized carbons (Fsp3) is 0.133. The van der Waals surface area contributed by atoms with Crippen molar-refractivity contribution in [2.75, 3.05) is 11.9 Å². The van der Waals surface area contributed by atoms with Gasteiger partial charge in [-0.05, 0) is 24.3 Å². The molecule has 0 saturated carbocycles. The van der Waals surface area contributed by atoms with Crippen molar-refractivity contribution >= 4 is 17.3 Å². The second kappa shape index (κ2) is 7.04. The zero-order valence-electron chi connectivity index (χ0n) is 11.2. The highest BCUT2D eigenvalue weighted by molar-refractivity contribution is 5.90. The summed E-state index contributed by atoms with van der Waals surface area (Å²) in [5, 5.41) is 13.2. The number of anilines is 1. The maximum atomic E-state index is 11.7. The van der Waals surface area contributed by atoms with Crippen molar-refractivity contribution in [3.8, 4) is 5.75 Å². The van der Waals surface area contributed by atoms with Gasteiger partial charge in [-0.25, -0.2) is 0 Å². The first-order chi connectivity index (χ1) is 10.1. The van der Waals surface area contributed by atoms with E-state index < -0.39 is 4.92 Å². The molecule has 0 aromatic heterocycles. The lowest BCUT2D eigenvalue weighted by atomic mass is 10.3. The number of nitrogens with one attached hydrogen (secondary N) is 1. The predicted octanol–water partition coefficient (Wildman–Crippen LogP) is 3.00. The lowest BCUT2D eigenvalue weighted by molar-refractivity contribution is -0.384. The third-order valence-corrected chi connectivity index (χ3v) is 2.70. The van der Waals surface area contributed by atoms with E-state index in [4.69, 9.17) is 4.74 Å². The van der Waals surface area contributed by atoms with E-state index in [2.05, 4.69) is 5.32 Å². The molecule has 2 aromatic rings. The Morgan fingerprint density at radius 1 is 1.10 bits per heavy atom. The molecule has 1 amide bonds. The summed E-state index contributed by atoms with van der Waals surface area (Å²) in [7, 11) is 0. The van der Waals surface area contributed by atoms with Crippen LogP contribution in [0.25, 0.3) is 0 Å². The summed E-state index contributed by atoms with van der Waals surface area (Å²) in [6, 6.07) is 14.9. The van der Waals surface area contributed by atoms with Gasteiger partial charge in [-0.3, -0.25) is 14.9 Å². The average Bonchev–Trinajstić information content (AvgIpc) is 2.49. The molecule has 0 radical (unpaired) electrons. The minimum absolute atomic E-state index is 0.00386. The first-order valence-electron chi connectivity index (χ1n) is 6.37. The highest BCUT2D eigenvalue weighted by atomic mass is 16.6. The van der Waals surface area contributed by atoms with Crippen molar-refractivity contribution < 1.29 is 14.5 Å². The molecule has 108 valence electrons. The summed E-state index contributed by atoms with van der Waals surface area (Å²) in [6.45, 7) is 0.205. The van der Waals surface area contributed by atoms with Crippen molar-refractivity contribution in [1.82, 2.24) is 0 Å². The molecule has 6 nitrogen and oxygen atoms in total. The Morgan fingerprint density at radius 3 is 2.38 bits per heavy atom. The number of para-hydroxylation sites is 1. The molecule has 1 N–H and O–H groups in total. The standard InChI is InChI=1S/C15H14N2O4/c18-15(16-12-4-2-1-3-5-12)10-11-21-14-8-6-13(7-9-14)17(19)20/h1-9H,10-11H2,(H,16,18). The molecule has 0 aliphatic rings. The van der Waals surface area contributed by atoms with Gasteiger partial charge in [0.15, 0.2) is 0 Å². The Hall–Kier alpha value is -2.89. The molecule has 2 rings (SSSR count). The number of hydrogen-bond acceptors (Lipinski definition) is 4. The smallest absolute Gasteiger partial charge is 0.269 e. The SMILES string of the molecule is O=C(CCOc1ccc([N+](=O)[O-])cc1)Nc1ccccc1. The first-order valence-corrected chi connectivity index (χ1v) is 6.37. The van der Waals surface area contributed by atoms with Crippen LogP contribution in [-0.2, 0) is 4.79 Å². The maximum absolute atomic E-state index is 11.7. The molecule has 0 unspecified atom stereocenters. The van der Waals surface area contributed by atoms with Crippen LogP contribution in [0.2, 0.25) is 0 Å².